The quantitative estimate of drug-likeness (QED) is 0.683. The van der Waals surface area contributed by atoms with Crippen molar-refractivity contribution >= 4 is 17.1 Å². The van der Waals surface area contributed by atoms with Gasteiger partial charge in [0, 0.05) is 7.05 Å². The highest BCUT2D eigenvalue weighted by Gasteiger charge is 2.33. The van der Waals surface area contributed by atoms with Gasteiger partial charge in [-0.25, -0.2) is 0 Å². The third-order valence-corrected chi connectivity index (χ3v) is 3.07. The van der Waals surface area contributed by atoms with E-state index in [0.717, 1.165) is 17.8 Å². The lowest BCUT2D eigenvalue weighted by Gasteiger charge is -2.25. The highest BCUT2D eigenvalue weighted by molar-refractivity contribution is 5.85. The molecule has 0 spiro atoms. The molecule has 1 aliphatic heterocycles. The molecule has 1 heterocycles. The smallest absolute Gasteiger partial charge is 0.416 e. The average molecular weight is 280 g/mol. The maximum Gasteiger partial charge on any atom is 0.416 e. The number of halogens is 3. The first-order valence-corrected chi connectivity index (χ1v) is 5.96. The molecule has 0 aliphatic carbocycles. The van der Waals surface area contributed by atoms with Crippen molar-refractivity contribution in [3.8, 4) is 11.5 Å². The van der Waals surface area contributed by atoms with Crippen molar-refractivity contribution in [3.63, 3.8) is 0 Å². The predicted octanol–water partition coefficient (Wildman–Crippen LogP) is 4.60. The molecular weight excluding hydrogens is 269 g/mol. The van der Waals surface area contributed by atoms with Gasteiger partial charge in [-0.1, -0.05) is 12.1 Å². The van der Waals surface area contributed by atoms with E-state index in [-0.39, 0.29) is 5.75 Å². The van der Waals surface area contributed by atoms with Crippen LogP contribution in [0.4, 0.5) is 30.2 Å². The molecule has 3 rings (SSSR count). The Hall–Kier alpha value is -2.37. The SMILES string of the molecule is CNc1cc(C(F)(F)F)cc2c1Nc1ccccc1O2. The van der Waals surface area contributed by atoms with Crippen LogP contribution in [0, 0.1) is 0 Å². The molecule has 0 amide bonds. The van der Waals surface area contributed by atoms with Gasteiger partial charge in [-0.3, -0.25) is 0 Å². The second kappa shape index (κ2) is 4.33. The van der Waals surface area contributed by atoms with E-state index < -0.39 is 11.7 Å². The summed E-state index contributed by atoms with van der Waals surface area (Å²) in [6.45, 7) is 0. The van der Waals surface area contributed by atoms with Crippen molar-refractivity contribution in [1.82, 2.24) is 0 Å². The van der Waals surface area contributed by atoms with Crippen LogP contribution in [0.15, 0.2) is 36.4 Å². The van der Waals surface area contributed by atoms with Gasteiger partial charge in [-0.15, -0.1) is 0 Å². The van der Waals surface area contributed by atoms with Gasteiger partial charge in [0.05, 0.1) is 16.9 Å². The lowest BCUT2D eigenvalue weighted by atomic mass is 10.1. The van der Waals surface area contributed by atoms with Crippen molar-refractivity contribution < 1.29 is 17.9 Å². The Morgan fingerprint density at radius 2 is 1.85 bits per heavy atom. The first-order valence-electron chi connectivity index (χ1n) is 5.96. The van der Waals surface area contributed by atoms with Crippen LogP contribution in [-0.2, 0) is 6.18 Å². The molecule has 0 radical (unpaired) electrons. The molecule has 0 aromatic heterocycles. The molecule has 6 heteroatoms. The fraction of sp³-hybridized carbons (Fsp3) is 0.143. The number of hydrogen-bond acceptors (Lipinski definition) is 3. The predicted molar refractivity (Wildman–Crippen MR) is 70.8 cm³/mol. The van der Waals surface area contributed by atoms with Gasteiger partial charge < -0.3 is 15.4 Å². The molecule has 0 unspecified atom stereocenters. The molecule has 1 aliphatic rings. The normalized spacial score (nSPS) is 12.8. The fourth-order valence-electron chi connectivity index (χ4n) is 2.10. The van der Waals surface area contributed by atoms with E-state index in [4.69, 9.17) is 4.74 Å². The lowest BCUT2D eigenvalue weighted by molar-refractivity contribution is -0.137. The fourth-order valence-corrected chi connectivity index (χ4v) is 2.10. The third kappa shape index (κ3) is 2.03. The first kappa shape index (κ1) is 12.7. The highest BCUT2D eigenvalue weighted by atomic mass is 19.4. The molecule has 0 atom stereocenters. The molecule has 0 bridgehead atoms. The molecule has 0 saturated heterocycles. The summed E-state index contributed by atoms with van der Waals surface area (Å²) in [7, 11) is 1.57. The maximum atomic E-state index is 12.9. The minimum atomic E-state index is -4.42. The molecule has 2 aromatic rings. The summed E-state index contributed by atoms with van der Waals surface area (Å²) in [6, 6.07) is 9.14. The van der Waals surface area contributed by atoms with Gasteiger partial charge in [0.1, 0.15) is 5.69 Å². The Bertz CT molecular complexity index is 668. The average Bonchev–Trinajstić information content (AvgIpc) is 2.42. The molecular formula is C14H11F3N2O. The molecule has 2 N–H and O–H groups in total. The Kier molecular flexibility index (Phi) is 2.74. The largest absolute Gasteiger partial charge is 0.453 e. The van der Waals surface area contributed by atoms with E-state index in [0.29, 0.717) is 17.1 Å². The van der Waals surface area contributed by atoms with E-state index in [1.54, 1.807) is 25.2 Å². The van der Waals surface area contributed by atoms with E-state index in [9.17, 15) is 13.2 Å². The first-order chi connectivity index (χ1) is 9.49. The summed E-state index contributed by atoms with van der Waals surface area (Å²) in [5.74, 6) is 0.657. The summed E-state index contributed by atoms with van der Waals surface area (Å²) in [5.41, 5.74) is 0.807. The Morgan fingerprint density at radius 1 is 1.10 bits per heavy atom. The molecule has 20 heavy (non-hydrogen) atoms. The van der Waals surface area contributed by atoms with Crippen LogP contribution in [0.5, 0.6) is 11.5 Å². The summed E-state index contributed by atoms with van der Waals surface area (Å²) in [5, 5.41) is 5.84. The zero-order chi connectivity index (χ0) is 14.3. The van der Waals surface area contributed by atoms with Gasteiger partial charge >= 0.3 is 6.18 Å². The number of alkyl halides is 3. The number of para-hydroxylation sites is 2. The van der Waals surface area contributed by atoms with Gasteiger partial charge in [-0.05, 0) is 24.3 Å². The Balaban J connectivity index is 2.13. The van der Waals surface area contributed by atoms with E-state index in [1.807, 2.05) is 6.07 Å². The van der Waals surface area contributed by atoms with Crippen LogP contribution in [0.3, 0.4) is 0 Å². The number of rotatable bonds is 1. The Morgan fingerprint density at radius 3 is 2.55 bits per heavy atom. The monoisotopic (exact) mass is 280 g/mol. The second-order valence-electron chi connectivity index (χ2n) is 4.37. The summed E-state index contributed by atoms with van der Waals surface area (Å²) in [6.07, 6.45) is -4.42. The molecule has 3 nitrogen and oxygen atoms in total. The van der Waals surface area contributed by atoms with E-state index in [1.165, 1.54) is 0 Å². The number of ether oxygens (including phenoxy) is 1. The van der Waals surface area contributed by atoms with Crippen molar-refractivity contribution in [2.45, 2.75) is 6.18 Å². The van der Waals surface area contributed by atoms with Crippen LogP contribution in [0.1, 0.15) is 5.56 Å². The van der Waals surface area contributed by atoms with Crippen molar-refractivity contribution in [2.75, 3.05) is 17.7 Å². The van der Waals surface area contributed by atoms with Crippen molar-refractivity contribution in [2.24, 2.45) is 0 Å². The summed E-state index contributed by atoms with van der Waals surface area (Å²) >= 11 is 0. The summed E-state index contributed by atoms with van der Waals surface area (Å²) < 4.78 is 44.2. The zero-order valence-electron chi connectivity index (χ0n) is 10.5. The topological polar surface area (TPSA) is 33.3 Å². The zero-order valence-corrected chi connectivity index (χ0v) is 10.5. The standard InChI is InChI=1S/C14H11F3N2O/c1-18-10-6-8(14(15,16)17)7-12-13(10)19-9-4-2-3-5-11(9)20-12/h2-7,18-19H,1H3. The number of anilines is 3. The highest BCUT2D eigenvalue weighted by Crippen LogP contribution is 2.47. The minimum absolute atomic E-state index is 0.155. The maximum absolute atomic E-state index is 12.9. The van der Waals surface area contributed by atoms with Crippen molar-refractivity contribution in [3.05, 3.63) is 42.0 Å². The van der Waals surface area contributed by atoms with Crippen LogP contribution in [0.25, 0.3) is 0 Å². The minimum Gasteiger partial charge on any atom is -0.453 e. The third-order valence-electron chi connectivity index (χ3n) is 3.07. The Labute approximate surface area is 113 Å². The van der Waals surface area contributed by atoms with Gasteiger partial charge in [0.15, 0.2) is 11.5 Å². The van der Waals surface area contributed by atoms with Crippen LogP contribution in [-0.4, -0.2) is 7.05 Å². The van der Waals surface area contributed by atoms with E-state index in [2.05, 4.69) is 10.6 Å². The van der Waals surface area contributed by atoms with Gasteiger partial charge in [-0.2, -0.15) is 13.2 Å². The van der Waals surface area contributed by atoms with E-state index >= 15 is 0 Å². The molecule has 2 aromatic carbocycles. The van der Waals surface area contributed by atoms with Crippen LogP contribution >= 0.6 is 0 Å². The number of nitrogens with one attached hydrogen (secondary N) is 2. The molecule has 104 valence electrons. The van der Waals surface area contributed by atoms with Crippen LogP contribution < -0.4 is 15.4 Å². The number of benzene rings is 2. The second-order valence-corrected chi connectivity index (χ2v) is 4.37. The van der Waals surface area contributed by atoms with Crippen molar-refractivity contribution in [1.29, 1.82) is 0 Å². The number of fused-ring (bicyclic) bond motifs is 2. The van der Waals surface area contributed by atoms with Gasteiger partial charge in [0.2, 0.25) is 0 Å². The molecule has 0 fully saturated rings. The van der Waals surface area contributed by atoms with Gasteiger partial charge in [0.25, 0.3) is 0 Å². The molecule has 0 saturated carbocycles. The number of hydrogen-bond donors (Lipinski definition) is 2. The lowest BCUT2D eigenvalue weighted by Crippen LogP contribution is -2.10. The van der Waals surface area contributed by atoms with Crippen LogP contribution in [0.2, 0.25) is 0 Å². The summed E-state index contributed by atoms with van der Waals surface area (Å²) in [4.78, 5) is 0.